The number of rotatable bonds is 3. The summed E-state index contributed by atoms with van der Waals surface area (Å²) in [6, 6.07) is 3.47. The molecule has 1 aliphatic rings. The fourth-order valence-corrected chi connectivity index (χ4v) is 2.41. The van der Waals surface area contributed by atoms with Crippen LogP contribution in [0.3, 0.4) is 0 Å². The van der Waals surface area contributed by atoms with E-state index >= 15 is 0 Å². The van der Waals surface area contributed by atoms with Crippen molar-refractivity contribution in [2.24, 2.45) is 0 Å². The molecule has 1 atom stereocenters. The molecule has 1 fully saturated rings. The van der Waals surface area contributed by atoms with Gasteiger partial charge in [-0.3, -0.25) is 4.79 Å². The van der Waals surface area contributed by atoms with Gasteiger partial charge in [0.1, 0.15) is 11.4 Å². The summed E-state index contributed by atoms with van der Waals surface area (Å²) in [5.74, 6) is -1.82. The van der Waals surface area contributed by atoms with Gasteiger partial charge < -0.3 is 14.8 Å². The molecular weight excluding hydrogens is 325 g/mol. The molecule has 0 spiro atoms. The molecular formula is C16H19ClFNO4. The molecule has 1 amide bonds. The molecule has 1 aliphatic heterocycles. The third-order valence-corrected chi connectivity index (χ3v) is 3.67. The van der Waals surface area contributed by atoms with Gasteiger partial charge in [-0.2, -0.15) is 0 Å². The minimum absolute atomic E-state index is 0.000583. The van der Waals surface area contributed by atoms with Crippen molar-refractivity contribution in [1.82, 2.24) is 5.32 Å². The first-order valence-electron chi connectivity index (χ1n) is 7.22. The van der Waals surface area contributed by atoms with Crippen LogP contribution in [0.1, 0.15) is 37.6 Å². The van der Waals surface area contributed by atoms with Gasteiger partial charge in [0, 0.05) is 13.0 Å². The zero-order valence-corrected chi connectivity index (χ0v) is 14.0. The second kappa shape index (κ2) is 6.45. The molecule has 1 N–H and O–H groups in total. The summed E-state index contributed by atoms with van der Waals surface area (Å²) >= 11 is 5.93. The highest BCUT2D eigenvalue weighted by molar-refractivity contribution is 6.33. The molecule has 1 saturated heterocycles. The molecule has 5 nitrogen and oxygen atoms in total. The Labute approximate surface area is 139 Å². The van der Waals surface area contributed by atoms with Gasteiger partial charge in [-0.25, -0.2) is 9.18 Å². The van der Waals surface area contributed by atoms with Crippen LogP contribution in [-0.4, -0.2) is 36.2 Å². The monoisotopic (exact) mass is 343 g/mol. The number of benzene rings is 1. The van der Waals surface area contributed by atoms with Crippen molar-refractivity contribution in [3.63, 3.8) is 0 Å². The quantitative estimate of drug-likeness (QED) is 0.857. The topological polar surface area (TPSA) is 64.6 Å². The molecule has 0 aromatic heterocycles. The lowest BCUT2D eigenvalue weighted by atomic mass is 9.97. The number of esters is 1. The highest BCUT2D eigenvalue weighted by atomic mass is 35.5. The first-order valence-corrected chi connectivity index (χ1v) is 7.59. The SMILES string of the molecule is CC(C)(C)OC(=O)[C@@]1(NC(=O)c2cc(F)ccc2Cl)CCOC1. The molecule has 0 radical (unpaired) electrons. The van der Waals surface area contributed by atoms with E-state index in [9.17, 15) is 14.0 Å². The van der Waals surface area contributed by atoms with Gasteiger partial charge in [0.05, 0.1) is 17.2 Å². The Hall–Kier alpha value is -1.66. The molecule has 0 bridgehead atoms. The van der Waals surface area contributed by atoms with Gasteiger partial charge in [-0.05, 0) is 39.0 Å². The maximum atomic E-state index is 13.3. The van der Waals surface area contributed by atoms with Gasteiger partial charge in [-0.1, -0.05) is 11.6 Å². The first kappa shape index (κ1) is 17.7. The summed E-state index contributed by atoms with van der Waals surface area (Å²) in [7, 11) is 0. The summed E-state index contributed by atoms with van der Waals surface area (Å²) in [6.45, 7) is 5.52. The number of hydrogen-bond donors (Lipinski definition) is 1. The Balaban J connectivity index is 2.24. The smallest absolute Gasteiger partial charge is 0.334 e. The number of carbonyl (C=O) groups is 2. The predicted molar refractivity (Wildman–Crippen MR) is 82.9 cm³/mol. The first-order chi connectivity index (χ1) is 10.6. The Kier molecular flexibility index (Phi) is 4.96. The molecule has 0 unspecified atom stereocenters. The lowest BCUT2D eigenvalue weighted by molar-refractivity contribution is -0.162. The molecule has 126 valence electrons. The zero-order chi connectivity index (χ0) is 17.3. The number of amides is 1. The van der Waals surface area contributed by atoms with E-state index < -0.39 is 28.8 Å². The second-order valence-corrected chi connectivity index (χ2v) is 6.87. The Morgan fingerprint density at radius 3 is 2.65 bits per heavy atom. The lowest BCUT2D eigenvalue weighted by Crippen LogP contribution is -2.57. The van der Waals surface area contributed by atoms with E-state index in [0.717, 1.165) is 12.1 Å². The van der Waals surface area contributed by atoms with E-state index in [1.54, 1.807) is 20.8 Å². The third-order valence-electron chi connectivity index (χ3n) is 3.34. The normalized spacial score (nSPS) is 21.1. The summed E-state index contributed by atoms with van der Waals surface area (Å²) in [6.07, 6.45) is 0.278. The van der Waals surface area contributed by atoms with E-state index in [0.29, 0.717) is 6.61 Å². The van der Waals surface area contributed by atoms with E-state index in [-0.39, 0.29) is 23.6 Å². The Bertz CT molecular complexity index is 621. The lowest BCUT2D eigenvalue weighted by Gasteiger charge is -2.30. The number of nitrogens with one attached hydrogen (secondary N) is 1. The van der Waals surface area contributed by atoms with Crippen molar-refractivity contribution >= 4 is 23.5 Å². The van der Waals surface area contributed by atoms with E-state index in [4.69, 9.17) is 21.1 Å². The molecule has 2 rings (SSSR count). The largest absolute Gasteiger partial charge is 0.458 e. The highest BCUT2D eigenvalue weighted by Gasteiger charge is 2.46. The van der Waals surface area contributed by atoms with Crippen molar-refractivity contribution in [2.75, 3.05) is 13.2 Å². The molecule has 1 heterocycles. The minimum Gasteiger partial charge on any atom is -0.458 e. The zero-order valence-electron chi connectivity index (χ0n) is 13.2. The molecule has 0 saturated carbocycles. The van der Waals surface area contributed by atoms with E-state index in [2.05, 4.69) is 5.32 Å². The van der Waals surface area contributed by atoms with Crippen LogP contribution in [0.5, 0.6) is 0 Å². The van der Waals surface area contributed by atoms with Crippen LogP contribution in [0.25, 0.3) is 0 Å². The highest BCUT2D eigenvalue weighted by Crippen LogP contribution is 2.25. The summed E-state index contributed by atoms with van der Waals surface area (Å²) < 4.78 is 24.0. The summed E-state index contributed by atoms with van der Waals surface area (Å²) in [4.78, 5) is 24.9. The van der Waals surface area contributed by atoms with Gasteiger partial charge in [0.25, 0.3) is 5.91 Å². The van der Waals surface area contributed by atoms with Gasteiger partial charge >= 0.3 is 5.97 Å². The van der Waals surface area contributed by atoms with Crippen LogP contribution >= 0.6 is 11.6 Å². The third kappa shape index (κ3) is 4.20. The summed E-state index contributed by atoms with van der Waals surface area (Å²) in [5.41, 5.74) is -2.03. The fraction of sp³-hybridized carbons (Fsp3) is 0.500. The molecule has 1 aromatic carbocycles. The molecule has 1 aromatic rings. The second-order valence-electron chi connectivity index (χ2n) is 6.46. The van der Waals surface area contributed by atoms with Crippen molar-refractivity contribution < 1.29 is 23.5 Å². The molecule has 23 heavy (non-hydrogen) atoms. The van der Waals surface area contributed by atoms with E-state index in [1.807, 2.05) is 0 Å². The van der Waals surface area contributed by atoms with Gasteiger partial charge in [0.15, 0.2) is 5.54 Å². The number of ether oxygens (including phenoxy) is 2. The van der Waals surface area contributed by atoms with Crippen molar-refractivity contribution in [3.8, 4) is 0 Å². The van der Waals surface area contributed by atoms with Crippen LogP contribution < -0.4 is 5.32 Å². The average Bonchev–Trinajstić information content (AvgIpc) is 2.89. The van der Waals surface area contributed by atoms with E-state index in [1.165, 1.54) is 6.07 Å². The Morgan fingerprint density at radius 2 is 2.09 bits per heavy atom. The van der Waals surface area contributed by atoms with Crippen LogP contribution in [0.15, 0.2) is 18.2 Å². The predicted octanol–water partition coefficient (Wildman–Crippen LogP) is 2.71. The minimum atomic E-state index is -1.29. The summed E-state index contributed by atoms with van der Waals surface area (Å²) in [5, 5.41) is 2.71. The fourth-order valence-electron chi connectivity index (χ4n) is 2.21. The maximum absolute atomic E-state index is 13.3. The van der Waals surface area contributed by atoms with Crippen LogP contribution in [0, 0.1) is 5.82 Å². The van der Waals surface area contributed by atoms with Crippen molar-refractivity contribution in [2.45, 2.75) is 38.3 Å². The average molecular weight is 344 g/mol. The van der Waals surface area contributed by atoms with Crippen LogP contribution in [0.4, 0.5) is 4.39 Å². The Morgan fingerprint density at radius 1 is 1.39 bits per heavy atom. The van der Waals surface area contributed by atoms with Gasteiger partial charge in [-0.15, -0.1) is 0 Å². The number of carbonyl (C=O) groups excluding carboxylic acids is 2. The van der Waals surface area contributed by atoms with Crippen molar-refractivity contribution in [1.29, 1.82) is 0 Å². The molecule has 0 aliphatic carbocycles. The van der Waals surface area contributed by atoms with Crippen LogP contribution in [0.2, 0.25) is 5.02 Å². The van der Waals surface area contributed by atoms with Crippen molar-refractivity contribution in [3.05, 3.63) is 34.6 Å². The van der Waals surface area contributed by atoms with Gasteiger partial charge in [0.2, 0.25) is 0 Å². The molecule has 7 heteroatoms. The maximum Gasteiger partial charge on any atom is 0.334 e. The standard InChI is InChI=1S/C16H19ClFNO4/c1-15(2,3)23-14(21)16(6-7-22-9-16)19-13(20)11-8-10(18)4-5-12(11)17/h4-5,8H,6-7,9H2,1-3H3,(H,19,20)/t16-/m1/s1. The number of halogens is 2. The van der Waals surface area contributed by atoms with Crippen LogP contribution in [-0.2, 0) is 14.3 Å². The number of hydrogen-bond acceptors (Lipinski definition) is 4.